The molecule has 3 rings (SSSR count). The van der Waals surface area contributed by atoms with Crippen molar-refractivity contribution in [3.05, 3.63) is 59.0 Å². The molecule has 0 radical (unpaired) electrons. The Morgan fingerprint density at radius 3 is 2.53 bits per heavy atom. The molecule has 1 N–H and O–H groups in total. The van der Waals surface area contributed by atoms with Gasteiger partial charge in [0.25, 0.3) is 0 Å². The molecule has 30 heavy (non-hydrogen) atoms. The first-order valence-corrected chi connectivity index (χ1v) is 11.3. The summed E-state index contributed by atoms with van der Waals surface area (Å²) >= 11 is 6.11. The van der Waals surface area contributed by atoms with E-state index in [4.69, 9.17) is 20.8 Å². The van der Waals surface area contributed by atoms with Gasteiger partial charge >= 0.3 is 0 Å². The molecule has 0 spiro atoms. The van der Waals surface area contributed by atoms with Gasteiger partial charge in [-0.3, -0.25) is 4.79 Å². The number of amides is 1. The molecule has 1 saturated heterocycles. The molecule has 0 bridgehead atoms. The van der Waals surface area contributed by atoms with Gasteiger partial charge in [0, 0.05) is 35.9 Å². The Morgan fingerprint density at radius 1 is 1.20 bits per heavy atom. The fourth-order valence-electron chi connectivity index (χ4n) is 4.82. The minimum absolute atomic E-state index is 0.0876. The molecule has 1 amide bonds. The fourth-order valence-corrected chi connectivity index (χ4v) is 4.95. The summed E-state index contributed by atoms with van der Waals surface area (Å²) in [5.41, 5.74) is 0.656. The van der Waals surface area contributed by atoms with Gasteiger partial charge in [-0.2, -0.15) is 0 Å². The average molecular weight is 432 g/mol. The Labute approximate surface area is 185 Å². The zero-order chi connectivity index (χ0) is 21.8. The molecular formula is C25H34ClNO3. The lowest BCUT2D eigenvalue weighted by molar-refractivity contribution is -0.126. The van der Waals surface area contributed by atoms with Crippen LogP contribution in [0.15, 0.2) is 47.1 Å². The summed E-state index contributed by atoms with van der Waals surface area (Å²) in [5, 5.41) is 3.87. The quantitative estimate of drug-likeness (QED) is 0.549. The van der Waals surface area contributed by atoms with Gasteiger partial charge in [-0.1, -0.05) is 37.6 Å². The molecule has 0 unspecified atom stereocenters. The first-order valence-electron chi connectivity index (χ1n) is 10.9. The van der Waals surface area contributed by atoms with Crippen LogP contribution in [0.25, 0.3) is 0 Å². The molecule has 2 aromatic rings. The summed E-state index contributed by atoms with van der Waals surface area (Å²) in [5.74, 6) is 1.82. The summed E-state index contributed by atoms with van der Waals surface area (Å²) in [7, 11) is 0. The minimum atomic E-state index is -0.264. The summed E-state index contributed by atoms with van der Waals surface area (Å²) in [6.45, 7) is 9.87. The Bertz CT molecular complexity index is 813. The second kappa shape index (κ2) is 9.57. The lowest BCUT2D eigenvalue weighted by Gasteiger charge is -2.45. The zero-order valence-corrected chi connectivity index (χ0v) is 19.3. The van der Waals surface area contributed by atoms with Crippen molar-refractivity contribution in [2.75, 3.05) is 13.2 Å². The van der Waals surface area contributed by atoms with Crippen molar-refractivity contribution in [1.82, 2.24) is 5.32 Å². The predicted octanol–water partition coefficient (Wildman–Crippen LogP) is 6.10. The van der Waals surface area contributed by atoms with Crippen LogP contribution in [0.1, 0.15) is 70.6 Å². The summed E-state index contributed by atoms with van der Waals surface area (Å²) < 4.78 is 11.6. The molecule has 164 valence electrons. The lowest BCUT2D eigenvalue weighted by Crippen LogP contribution is -2.46. The monoisotopic (exact) mass is 431 g/mol. The van der Waals surface area contributed by atoms with E-state index in [0.29, 0.717) is 36.4 Å². The van der Waals surface area contributed by atoms with Crippen LogP contribution in [0, 0.1) is 5.92 Å². The highest BCUT2D eigenvalue weighted by Crippen LogP contribution is 2.44. The van der Waals surface area contributed by atoms with Gasteiger partial charge in [0.1, 0.15) is 5.76 Å². The topological polar surface area (TPSA) is 51.5 Å². The molecule has 1 fully saturated rings. The van der Waals surface area contributed by atoms with Gasteiger partial charge in [0.2, 0.25) is 5.91 Å². The van der Waals surface area contributed by atoms with E-state index in [9.17, 15) is 4.79 Å². The molecule has 1 aliphatic rings. The van der Waals surface area contributed by atoms with Crippen molar-refractivity contribution in [2.45, 2.75) is 70.3 Å². The zero-order valence-electron chi connectivity index (χ0n) is 18.5. The van der Waals surface area contributed by atoms with Crippen LogP contribution < -0.4 is 5.32 Å². The number of rotatable bonds is 8. The Kier molecular flexibility index (Phi) is 7.30. The normalized spacial score (nSPS) is 22.1. The number of carbonyl (C=O) groups is 1. The highest BCUT2D eigenvalue weighted by molar-refractivity contribution is 6.30. The van der Waals surface area contributed by atoms with Gasteiger partial charge in [0.05, 0.1) is 11.9 Å². The van der Waals surface area contributed by atoms with E-state index >= 15 is 0 Å². The summed E-state index contributed by atoms with van der Waals surface area (Å²) in [4.78, 5) is 13.0. The Morgan fingerprint density at radius 2 is 1.93 bits per heavy atom. The van der Waals surface area contributed by atoms with Crippen molar-refractivity contribution in [3.8, 4) is 0 Å². The number of halogens is 1. The van der Waals surface area contributed by atoms with Gasteiger partial charge in [-0.05, 0) is 68.9 Å². The number of nitrogens with one attached hydrogen (secondary N) is 1. The number of hydrogen-bond acceptors (Lipinski definition) is 3. The third kappa shape index (κ3) is 5.67. The van der Waals surface area contributed by atoms with E-state index in [2.05, 4.69) is 45.1 Å². The Balaban J connectivity index is 1.67. The summed E-state index contributed by atoms with van der Waals surface area (Å²) in [6.07, 6.45) is 4.66. The maximum atomic E-state index is 13.0. The second-order valence-corrected chi connectivity index (χ2v) is 9.94. The average Bonchev–Trinajstić information content (AvgIpc) is 3.18. The number of ether oxygens (including phenoxy) is 1. The molecule has 1 aromatic carbocycles. The molecule has 5 heteroatoms. The van der Waals surface area contributed by atoms with E-state index < -0.39 is 0 Å². The molecule has 4 nitrogen and oxygen atoms in total. The van der Waals surface area contributed by atoms with Crippen LogP contribution in [0.5, 0.6) is 0 Å². The van der Waals surface area contributed by atoms with Crippen molar-refractivity contribution in [1.29, 1.82) is 0 Å². The standard InChI is InChI=1S/C25H34ClNO3/c1-18(2)21(22-6-5-14-29-22)11-13-27-23(28)16-25(12-15-30-24(3,4)17-25)19-7-9-20(26)10-8-19/h5-10,14,18,21H,11-13,15-17H2,1-4H3,(H,27,28)/t21-,25+/m1/s1. The van der Waals surface area contributed by atoms with Crippen LogP contribution in [-0.4, -0.2) is 24.7 Å². The van der Waals surface area contributed by atoms with Crippen LogP contribution in [0.2, 0.25) is 5.02 Å². The van der Waals surface area contributed by atoms with Gasteiger partial charge in [-0.15, -0.1) is 0 Å². The minimum Gasteiger partial charge on any atom is -0.469 e. The molecule has 1 aliphatic heterocycles. The maximum absolute atomic E-state index is 13.0. The van der Waals surface area contributed by atoms with Crippen LogP contribution >= 0.6 is 11.6 Å². The van der Waals surface area contributed by atoms with Crippen molar-refractivity contribution >= 4 is 17.5 Å². The number of benzene rings is 1. The van der Waals surface area contributed by atoms with Gasteiger partial charge in [-0.25, -0.2) is 0 Å². The highest BCUT2D eigenvalue weighted by atomic mass is 35.5. The van der Waals surface area contributed by atoms with Crippen LogP contribution in [0.3, 0.4) is 0 Å². The smallest absolute Gasteiger partial charge is 0.220 e. The summed E-state index contributed by atoms with van der Waals surface area (Å²) in [6, 6.07) is 11.9. The van der Waals surface area contributed by atoms with Crippen molar-refractivity contribution in [3.63, 3.8) is 0 Å². The molecule has 2 atom stereocenters. The largest absolute Gasteiger partial charge is 0.469 e. The molecule has 1 aromatic heterocycles. The van der Waals surface area contributed by atoms with Crippen LogP contribution in [-0.2, 0) is 14.9 Å². The van der Waals surface area contributed by atoms with E-state index in [1.165, 1.54) is 0 Å². The molecule has 0 saturated carbocycles. The van der Waals surface area contributed by atoms with Crippen molar-refractivity contribution in [2.24, 2.45) is 5.92 Å². The SMILES string of the molecule is CC(C)[C@@H](CCNC(=O)C[C@@]1(c2ccc(Cl)cc2)CCOC(C)(C)C1)c1ccco1. The number of hydrogen-bond donors (Lipinski definition) is 1. The first kappa shape index (κ1) is 22.9. The van der Waals surface area contributed by atoms with E-state index in [1.807, 2.05) is 24.3 Å². The maximum Gasteiger partial charge on any atom is 0.220 e. The lowest BCUT2D eigenvalue weighted by atomic mass is 9.67. The van der Waals surface area contributed by atoms with E-state index in [-0.39, 0.29) is 16.9 Å². The number of carbonyl (C=O) groups excluding carboxylic acids is 1. The fraction of sp³-hybridized carbons (Fsp3) is 0.560. The first-order chi connectivity index (χ1) is 14.2. The molecule has 0 aliphatic carbocycles. The van der Waals surface area contributed by atoms with E-state index in [1.54, 1.807) is 6.26 Å². The highest BCUT2D eigenvalue weighted by Gasteiger charge is 2.43. The van der Waals surface area contributed by atoms with Gasteiger partial charge in [0.15, 0.2) is 0 Å². The van der Waals surface area contributed by atoms with E-state index in [0.717, 1.165) is 30.6 Å². The van der Waals surface area contributed by atoms with Crippen molar-refractivity contribution < 1.29 is 13.9 Å². The second-order valence-electron chi connectivity index (χ2n) is 9.50. The Hall–Kier alpha value is -1.78. The van der Waals surface area contributed by atoms with Crippen LogP contribution in [0.4, 0.5) is 0 Å². The molecular weight excluding hydrogens is 398 g/mol. The third-order valence-electron chi connectivity index (χ3n) is 6.28. The predicted molar refractivity (Wildman–Crippen MR) is 121 cm³/mol. The third-order valence-corrected chi connectivity index (χ3v) is 6.54. The van der Waals surface area contributed by atoms with Gasteiger partial charge < -0.3 is 14.5 Å². The number of furan rings is 1. The molecule has 2 heterocycles.